The molecule has 0 aromatic heterocycles. The molecule has 10 nitrogen and oxygen atoms in total. The summed E-state index contributed by atoms with van der Waals surface area (Å²) in [6, 6.07) is 12.0. The van der Waals surface area contributed by atoms with Crippen molar-refractivity contribution in [2.24, 2.45) is 0 Å². The van der Waals surface area contributed by atoms with Crippen LogP contribution >= 0.6 is 0 Å². The molecule has 2 amide bonds. The highest BCUT2D eigenvalue weighted by Gasteiger charge is 2.31. The minimum absolute atomic E-state index is 0.0350. The molecule has 1 N–H and O–H groups in total. The molecular weight excluding hydrogens is 460 g/mol. The highest BCUT2D eigenvalue weighted by Crippen LogP contribution is 2.27. The number of carbonyl (C=O) groups excluding carboxylic acids is 2. The zero-order valence-electron chi connectivity index (χ0n) is 19.7. The van der Waals surface area contributed by atoms with Crippen molar-refractivity contribution in [2.45, 2.75) is 39.8 Å². The van der Waals surface area contributed by atoms with Gasteiger partial charge in [-0.05, 0) is 31.4 Å². The Hall–Kier alpha value is -3.47. The van der Waals surface area contributed by atoms with Gasteiger partial charge in [-0.15, -0.1) is 0 Å². The Morgan fingerprint density at radius 2 is 1.79 bits per heavy atom. The second kappa shape index (κ2) is 11.6. The molecule has 2 rings (SSSR count). The van der Waals surface area contributed by atoms with Gasteiger partial charge in [-0.25, -0.2) is 8.42 Å². The van der Waals surface area contributed by atoms with Crippen LogP contribution in [0.3, 0.4) is 0 Å². The predicted molar refractivity (Wildman–Crippen MR) is 130 cm³/mol. The van der Waals surface area contributed by atoms with Gasteiger partial charge in [0.05, 0.1) is 16.9 Å². The summed E-state index contributed by atoms with van der Waals surface area (Å²) >= 11 is 0. The van der Waals surface area contributed by atoms with Gasteiger partial charge in [0.25, 0.3) is 5.69 Å². The standard InChI is InChI=1S/C23H30N4O6S/c1-5-13-24-23(29)18(3)25(15-19-9-7-6-8-10-19)22(28)16-26(34(4,32)33)21-14-20(27(30)31)12-11-17(21)2/h6-12,14,18H,5,13,15-16H2,1-4H3,(H,24,29)/t18-/m1/s1. The lowest BCUT2D eigenvalue weighted by Crippen LogP contribution is -2.51. The minimum Gasteiger partial charge on any atom is -0.354 e. The van der Waals surface area contributed by atoms with E-state index in [1.165, 1.54) is 17.0 Å². The van der Waals surface area contributed by atoms with Crippen molar-refractivity contribution < 1.29 is 22.9 Å². The fourth-order valence-electron chi connectivity index (χ4n) is 3.33. The number of nitrogens with one attached hydrogen (secondary N) is 1. The van der Waals surface area contributed by atoms with E-state index in [0.29, 0.717) is 12.1 Å². The number of hydrogen-bond acceptors (Lipinski definition) is 6. The lowest BCUT2D eigenvalue weighted by atomic mass is 10.1. The third-order valence-corrected chi connectivity index (χ3v) is 6.39. The summed E-state index contributed by atoms with van der Waals surface area (Å²) in [5.41, 5.74) is 0.957. The minimum atomic E-state index is -3.98. The van der Waals surface area contributed by atoms with Gasteiger partial charge in [-0.3, -0.25) is 24.0 Å². The monoisotopic (exact) mass is 490 g/mol. The van der Waals surface area contributed by atoms with Gasteiger partial charge in [0.1, 0.15) is 12.6 Å². The van der Waals surface area contributed by atoms with E-state index < -0.39 is 33.4 Å². The van der Waals surface area contributed by atoms with E-state index in [0.717, 1.165) is 28.6 Å². The van der Waals surface area contributed by atoms with E-state index >= 15 is 0 Å². The first-order valence-corrected chi connectivity index (χ1v) is 12.6. The van der Waals surface area contributed by atoms with Crippen molar-refractivity contribution in [3.05, 3.63) is 69.8 Å². The summed E-state index contributed by atoms with van der Waals surface area (Å²) < 4.78 is 26.1. The third kappa shape index (κ3) is 7.01. The molecule has 0 aliphatic heterocycles. The lowest BCUT2D eigenvalue weighted by Gasteiger charge is -2.31. The van der Waals surface area contributed by atoms with Gasteiger partial charge < -0.3 is 10.2 Å². The number of hydrogen-bond donors (Lipinski definition) is 1. The Bertz CT molecular complexity index is 1140. The van der Waals surface area contributed by atoms with Gasteiger partial charge in [-0.2, -0.15) is 0 Å². The molecule has 0 unspecified atom stereocenters. The van der Waals surface area contributed by atoms with E-state index in [9.17, 15) is 28.1 Å². The molecule has 2 aromatic carbocycles. The van der Waals surface area contributed by atoms with Gasteiger partial charge in [0.15, 0.2) is 0 Å². The van der Waals surface area contributed by atoms with Crippen molar-refractivity contribution in [3.63, 3.8) is 0 Å². The Kier molecular flexibility index (Phi) is 9.13. The van der Waals surface area contributed by atoms with Crippen molar-refractivity contribution in [1.29, 1.82) is 0 Å². The van der Waals surface area contributed by atoms with Crippen LogP contribution in [0.1, 0.15) is 31.4 Å². The van der Waals surface area contributed by atoms with E-state index in [1.807, 2.05) is 13.0 Å². The second-order valence-electron chi connectivity index (χ2n) is 7.97. The Balaban J connectivity index is 2.44. The summed E-state index contributed by atoms with van der Waals surface area (Å²) in [5, 5.41) is 14.0. The molecule has 0 saturated heterocycles. The number of benzene rings is 2. The first-order chi connectivity index (χ1) is 16.0. The first-order valence-electron chi connectivity index (χ1n) is 10.8. The van der Waals surface area contributed by atoms with E-state index in [1.54, 1.807) is 38.1 Å². The second-order valence-corrected chi connectivity index (χ2v) is 9.88. The molecule has 0 spiro atoms. The fraction of sp³-hybridized carbons (Fsp3) is 0.391. The maximum Gasteiger partial charge on any atom is 0.271 e. The third-order valence-electron chi connectivity index (χ3n) is 5.26. The average molecular weight is 491 g/mol. The SMILES string of the molecule is CCCNC(=O)[C@@H](C)N(Cc1ccccc1)C(=O)CN(c1cc([N+](=O)[O-])ccc1C)S(C)(=O)=O. The molecule has 11 heteroatoms. The molecule has 0 saturated carbocycles. The van der Waals surface area contributed by atoms with Crippen LogP contribution in [0.2, 0.25) is 0 Å². The van der Waals surface area contributed by atoms with Crippen molar-refractivity contribution in [3.8, 4) is 0 Å². The van der Waals surface area contributed by atoms with Crippen molar-refractivity contribution in [2.75, 3.05) is 23.7 Å². The molecule has 0 heterocycles. The largest absolute Gasteiger partial charge is 0.354 e. The number of carbonyl (C=O) groups is 2. The Morgan fingerprint density at radius 1 is 1.15 bits per heavy atom. The summed E-state index contributed by atoms with van der Waals surface area (Å²) in [6.45, 7) is 5.01. The maximum atomic E-state index is 13.4. The zero-order chi connectivity index (χ0) is 25.5. The molecule has 2 aromatic rings. The number of sulfonamides is 1. The van der Waals surface area contributed by atoms with Gasteiger partial charge in [0.2, 0.25) is 21.8 Å². The van der Waals surface area contributed by atoms with Crippen LogP contribution in [0.4, 0.5) is 11.4 Å². The highest BCUT2D eigenvalue weighted by atomic mass is 32.2. The molecule has 0 aliphatic rings. The summed E-state index contributed by atoms with van der Waals surface area (Å²) in [4.78, 5) is 38.0. The maximum absolute atomic E-state index is 13.4. The van der Waals surface area contributed by atoms with Crippen molar-refractivity contribution in [1.82, 2.24) is 10.2 Å². The van der Waals surface area contributed by atoms with Crippen LogP contribution in [0, 0.1) is 17.0 Å². The number of anilines is 1. The predicted octanol–water partition coefficient (Wildman–Crippen LogP) is 2.61. The highest BCUT2D eigenvalue weighted by molar-refractivity contribution is 7.92. The number of nitro groups is 1. The first kappa shape index (κ1) is 26.8. The zero-order valence-corrected chi connectivity index (χ0v) is 20.5. The number of amides is 2. The molecule has 0 radical (unpaired) electrons. The van der Waals surface area contributed by atoms with Crippen molar-refractivity contribution >= 4 is 33.2 Å². The van der Waals surface area contributed by atoms with Crippen LogP contribution in [-0.2, 0) is 26.2 Å². The summed E-state index contributed by atoms with van der Waals surface area (Å²) in [7, 11) is -3.98. The Morgan fingerprint density at radius 3 is 2.35 bits per heavy atom. The number of nitro benzene ring substituents is 1. The number of non-ortho nitro benzene ring substituents is 1. The molecule has 34 heavy (non-hydrogen) atoms. The van der Waals surface area contributed by atoms with E-state index in [-0.39, 0.29) is 23.8 Å². The van der Waals surface area contributed by atoms with E-state index in [2.05, 4.69) is 5.32 Å². The van der Waals surface area contributed by atoms with Crippen LogP contribution in [0.5, 0.6) is 0 Å². The molecule has 0 bridgehead atoms. The smallest absolute Gasteiger partial charge is 0.271 e. The topological polar surface area (TPSA) is 130 Å². The quantitative estimate of drug-likeness (QED) is 0.381. The normalized spacial score (nSPS) is 12.0. The van der Waals surface area contributed by atoms with Crippen LogP contribution in [0.25, 0.3) is 0 Å². The molecule has 1 atom stereocenters. The van der Waals surface area contributed by atoms with Gasteiger partial charge >= 0.3 is 0 Å². The molecular formula is C23H30N4O6S. The van der Waals surface area contributed by atoms with E-state index in [4.69, 9.17) is 0 Å². The van der Waals surface area contributed by atoms with Gasteiger partial charge in [0, 0.05) is 25.2 Å². The molecule has 0 aliphatic carbocycles. The molecule has 184 valence electrons. The fourth-order valence-corrected chi connectivity index (χ4v) is 4.23. The van der Waals surface area contributed by atoms with Gasteiger partial charge in [-0.1, -0.05) is 43.3 Å². The summed E-state index contributed by atoms with van der Waals surface area (Å²) in [5.74, 6) is -0.970. The number of rotatable bonds is 11. The summed E-state index contributed by atoms with van der Waals surface area (Å²) in [6.07, 6.45) is 1.65. The van der Waals surface area contributed by atoms with Crippen LogP contribution in [0.15, 0.2) is 48.5 Å². The lowest BCUT2D eigenvalue weighted by molar-refractivity contribution is -0.384. The molecule has 0 fully saturated rings. The number of aryl methyl sites for hydroxylation is 1. The Labute approximate surface area is 199 Å². The van der Waals surface area contributed by atoms with Crippen LogP contribution < -0.4 is 9.62 Å². The number of nitrogens with zero attached hydrogens (tertiary/aromatic N) is 3. The average Bonchev–Trinajstić information content (AvgIpc) is 2.79. The van der Waals surface area contributed by atoms with Crippen LogP contribution in [-0.4, -0.2) is 55.4 Å².